The van der Waals surface area contributed by atoms with Crippen molar-refractivity contribution >= 4 is 72.8 Å². The molecule has 11 rings (SSSR count). The van der Waals surface area contributed by atoms with E-state index in [0.29, 0.717) is 66.0 Å². The maximum Gasteiger partial charge on any atom is 0.358 e. The number of hydrogen-bond acceptors (Lipinski definition) is 12. The van der Waals surface area contributed by atoms with Crippen LogP contribution in [0.3, 0.4) is 0 Å². The van der Waals surface area contributed by atoms with E-state index in [1.807, 2.05) is 81.0 Å². The predicted molar refractivity (Wildman–Crippen MR) is 301 cm³/mol. The number of anilines is 3. The van der Waals surface area contributed by atoms with E-state index >= 15 is 0 Å². The van der Waals surface area contributed by atoms with Crippen LogP contribution in [0.5, 0.6) is 0 Å². The Morgan fingerprint density at radius 3 is 2.46 bits per heavy atom. The van der Waals surface area contributed by atoms with Crippen molar-refractivity contribution in [1.82, 2.24) is 30.0 Å². The van der Waals surface area contributed by atoms with E-state index in [0.717, 1.165) is 94.5 Å². The molecule has 1 saturated carbocycles. The molecule has 3 amide bonds. The zero-order valence-electron chi connectivity index (χ0n) is 44.7. The molecule has 394 valence electrons. The minimum atomic E-state index is -0.711. The van der Waals surface area contributed by atoms with Crippen LogP contribution in [0.1, 0.15) is 140 Å². The molecule has 4 aliphatic rings. The van der Waals surface area contributed by atoms with Crippen molar-refractivity contribution in [2.24, 2.45) is 13.0 Å². The number of esters is 1. The summed E-state index contributed by atoms with van der Waals surface area (Å²) in [6.45, 7) is 15.4. The zero-order valence-corrected chi connectivity index (χ0v) is 45.5. The Balaban J connectivity index is 0.716. The number of piperazine rings is 1. The van der Waals surface area contributed by atoms with Gasteiger partial charge in [-0.05, 0) is 181 Å². The van der Waals surface area contributed by atoms with Crippen LogP contribution in [0.2, 0.25) is 0 Å². The van der Waals surface area contributed by atoms with Gasteiger partial charge in [-0.15, -0.1) is 0 Å². The molecule has 6 heterocycles. The fraction of sp³-hybridized carbons (Fsp3) is 0.426. The van der Waals surface area contributed by atoms with E-state index in [2.05, 4.69) is 86.6 Å². The van der Waals surface area contributed by atoms with Gasteiger partial charge in [0.25, 0.3) is 5.91 Å². The molecule has 7 aromatic rings. The quantitative estimate of drug-likeness (QED) is 0.0887. The first-order valence-electron chi connectivity index (χ1n) is 27.3. The van der Waals surface area contributed by atoms with Crippen molar-refractivity contribution in [3.63, 3.8) is 0 Å². The SMILES string of the molecule is Cc1c(-c2ccc(N3CCc4cccc(C(=O)Nc5nc6ccccc6s5)c4C3)nc2C(=O)OC(C)(C)C)cccc1C1CCC(CCCN2CCN(c3ccc4c(C5CCC(=O)NC5=O)nn(C)c4c3)C[C@H]2C)CC1. The fourth-order valence-corrected chi connectivity index (χ4v) is 13.2. The van der Waals surface area contributed by atoms with Gasteiger partial charge in [-0.25, -0.2) is 14.8 Å². The second kappa shape index (κ2) is 21.2. The summed E-state index contributed by atoms with van der Waals surface area (Å²) in [5.41, 5.74) is 10.4. The maximum atomic E-state index is 14.2. The second-order valence-electron chi connectivity index (χ2n) is 22.5. The van der Waals surface area contributed by atoms with Gasteiger partial charge in [0.2, 0.25) is 11.8 Å². The van der Waals surface area contributed by atoms with E-state index in [-0.39, 0.29) is 17.7 Å². The summed E-state index contributed by atoms with van der Waals surface area (Å²) in [6, 6.07) is 31.3. The van der Waals surface area contributed by atoms with Crippen LogP contribution >= 0.6 is 11.3 Å². The number of amides is 3. The Bertz CT molecular complexity index is 3330. The average Bonchev–Trinajstić information content (AvgIpc) is 4.01. The number of imide groups is 1. The van der Waals surface area contributed by atoms with Crippen LogP contribution in [-0.2, 0) is 34.3 Å². The highest BCUT2D eigenvalue weighted by Gasteiger charge is 2.34. The number of rotatable bonds is 12. The molecule has 3 aliphatic heterocycles. The number of para-hydroxylation sites is 1. The molecule has 2 N–H and O–H groups in total. The Kier molecular flexibility index (Phi) is 14.3. The first-order valence-corrected chi connectivity index (χ1v) is 28.1. The average molecular weight is 1040 g/mol. The van der Waals surface area contributed by atoms with Crippen molar-refractivity contribution in [2.75, 3.05) is 47.8 Å². The summed E-state index contributed by atoms with van der Waals surface area (Å²) >= 11 is 1.46. The zero-order chi connectivity index (χ0) is 52.8. The number of carbonyl (C=O) groups excluding carboxylic acids is 4. The number of ether oxygens (including phenoxy) is 1. The van der Waals surface area contributed by atoms with Crippen molar-refractivity contribution in [3.8, 4) is 11.1 Å². The van der Waals surface area contributed by atoms with Crippen molar-refractivity contribution < 1.29 is 23.9 Å². The third-order valence-corrected chi connectivity index (χ3v) is 17.4. The molecule has 0 radical (unpaired) electrons. The largest absolute Gasteiger partial charge is 0.455 e. The molecule has 3 fully saturated rings. The third kappa shape index (κ3) is 10.6. The van der Waals surface area contributed by atoms with E-state index in [1.165, 1.54) is 53.8 Å². The lowest BCUT2D eigenvalue weighted by atomic mass is 9.75. The highest BCUT2D eigenvalue weighted by molar-refractivity contribution is 7.22. The number of nitrogens with one attached hydrogen (secondary N) is 2. The first-order chi connectivity index (χ1) is 36.6. The van der Waals surface area contributed by atoms with Crippen molar-refractivity contribution in [3.05, 3.63) is 130 Å². The van der Waals surface area contributed by atoms with Gasteiger partial charge in [-0.1, -0.05) is 53.8 Å². The number of benzene rings is 4. The van der Waals surface area contributed by atoms with Gasteiger partial charge >= 0.3 is 5.97 Å². The van der Waals surface area contributed by atoms with Crippen LogP contribution in [0.25, 0.3) is 32.2 Å². The van der Waals surface area contributed by atoms with Crippen LogP contribution in [0.15, 0.2) is 91.0 Å². The lowest BCUT2D eigenvalue weighted by Gasteiger charge is -2.41. The molecule has 1 unspecified atom stereocenters. The van der Waals surface area contributed by atoms with Gasteiger partial charge in [0.15, 0.2) is 10.8 Å². The number of aryl methyl sites for hydroxylation is 1. The highest BCUT2D eigenvalue weighted by atomic mass is 32.1. The molecule has 1 aliphatic carbocycles. The molecule has 0 spiro atoms. The van der Waals surface area contributed by atoms with Gasteiger partial charge in [-0.3, -0.25) is 34.6 Å². The lowest BCUT2D eigenvalue weighted by molar-refractivity contribution is -0.134. The minimum Gasteiger partial charge on any atom is -0.455 e. The number of aromatic nitrogens is 4. The Morgan fingerprint density at radius 1 is 0.855 bits per heavy atom. The van der Waals surface area contributed by atoms with Gasteiger partial charge in [-0.2, -0.15) is 5.10 Å². The van der Waals surface area contributed by atoms with E-state index < -0.39 is 17.5 Å². The first kappa shape index (κ1) is 51.2. The van der Waals surface area contributed by atoms with Crippen LogP contribution in [0.4, 0.5) is 16.6 Å². The summed E-state index contributed by atoms with van der Waals surface area (Å²) < 4.78 is 8.93. The Labute approximate surface area is 449 Å². The third-order valence-electron chi connectivity index (χ3n) is 16.4. The smallest absolute Gasteiger partial charge is 0.358 e. The highest BCUT2D eigenvalue weighted by Crippen LogP contribution is 2.42. The van der Waals surface area contributed by atoms with Gasteiger partial charge in [0.1, 0.15) is 11.4 Å². The molecule has 15 heteroatoms. The summed E-state index contributed by atoms with van der Waals surface area (Å²) in [7, 11) is 1.93. The molecule has 76 heavy (non-hydrogen) atoms. The van der Waals surface area contributed by atoms with E-state index in [1.54, 1.807) is 0 Å². The minimum absolute atomic E-state index is 0.194. The summed E-state index contributed by atoms with van der Waals surface area (Å²) in [4.78, 5) is 69.6. The number of hydrogen-bond donors (Lipinski definition) is 2. The summed E-state index contributed by atoms with van der Waals surface area (Å²) in [6.07, 6.45) is 8.70. The summed E-state index contributed by atoms with van der Waals surface area (Å²) in [5, 5.41) is 11.8. The van der Waals surface area contributed by atoms with Gasteiger partial charge in [0, 0.05) is 74.4 Å². The van der Waals surface area contributed by atoms with E-state index in [4.69, 9.17) is 14.8 Å². The molecular weight excluding hydrogens is 971 g/mol. The molecule has 2 atom stereocenters. The number of pyridine rings is 1. The normalized spacial score (nSPS) is 20.4. The maximum absolute atomic E-state index is 14.2. The van der Waals surface area contributed by atoms with E-state index in [9.17, 15) is 19.2 Å². The van der Waals surface area contributed by atoms with Crippen LogP contribution < -0.4 is 20.4 Å². The van der Waals surface area contributed by atoms with Crippen molar-refractivity contribution in [2.45, 2.75) is 122 Å². The van der Waals surface area contributed by atoms with Gasteiger partial charge < -0.3 is 14.5 Å². The number of carbonyl (C=O) groups is 4. The van der Waals surface area contributed by atoms with Gasteiger partial charge in [0.05, 0.1) is 27.3 Å². The Hall–Kier alpha value is -6.97. The van der Waals surface area contributed by atoms with Crippen molar-refractivity contribution in [1.29, 1.82) is 0 Å². The van der Waals surface area contributed by atoms with Crippen LogP contribution in [-0.4, -0.2) is 92.7 Å². The molecule has 4 aromatic carbocycles. The lowest BCUT2D eigenvalue weighted by Crippen LogP contribution is -2.52. The monoisotopic (exact) mass is 1040 g/mol. The molecular formula is C61H69N9O5S. The molecule has 3 aromatic heterocycles. The fourth-order valence-electron chi connectivity index (χ4n) is 12.4. The van der Waals surface area contributed by atoms with Crippen LogP contribution in [0, 0.1) is 12.8 Å². The summed E-state index contributed by atoms with van der Waals surface area (Å²) in [5.74, 6) is 0.310. The standard InChI is InChI=1S/C61H69N9O5S/c1-37-35-69(42-23-24-47-51(34-42)67(6)66-55(47)48-26-28-54(71)64-58(48)73)33-32-68(37)30-11-12-39-19-21-41(22-20-39)43-14-10-15-44(38(43)2)45-25-27-53(63-56(45)59(74)75-61(3,4)5)70-31-29-40-13-9-16-46(49(40)36-70)57(72)65-60-62-50-17-7-8-18-52(50)76-60/h7-10,13-18,23-25,27,34,37,39,41,48H,11-12,19-22,26,28-33,35-36H2,1-6H3,(H,62,65,72)(H,64,71,73)/t37-,39?,41?,48?/m1/s1. The number of piperidine rings is 1. The predicted octanol–water partition coefficient (Wildman–Crippen LogP) is 11.1. The molecule has 14 nitrogen and oxygen atoms in total. The number of fused-ring (bicyclic) bond motifs is 3. The topological polar surface area (TPSA) is 155 Å². The number of nitrogens with zero attached hydrogens (tertiary/aromatic N) is 7. The molecule has 0 bridgehead atoms. The number of thiazole rings is 1. The Morgan fingerprint density at radius 2 is 1.67 bits per heavy atom. The second-order valence-corrected chi connectivity index (χ2v) is 23.6. The molecule has 2 saturated heterocycles.